The summed E-state index contributed by atoms with van der Waals surface area (Å²) in [6, 6.07) is 8.21. The van der Waals surface area contributed by atoms with Crippen LogP contribution in [0.2, 0.25) is 0 Å². The first kappa shape index (κ1) is 20.4. The molecule has 126 valence electrons. The van der Waals surface area contributed by atoms with E-state index in [0.29, 0.717) is 6.54 Å². The molecular weight excluding hydrogens is 487 g/mol. The second-order valence-corrected chi connectivity index (χ2v) is 7.12. The summed E-state index contributed by atoms with van der Waals surface area (Å²) in [5.41, 5.74) is 2.27. The van der Waals surface area contributed by atoms with E-state index in [1.165, 1.54) is 10.4 Å². The SMILES string of the molecule is CCNC(=NCc1cccc(Br)c1)NCc1sc(C)nc1C.I. The van der Waals surface area contributed by atoms with Crippen LogP contribution in [0, 0.1) is 13.8 Å². The Morgan fingerprint density at radius 3 is 2.70 bits per heavy atom. The number of aromatic nitrogens is 1. The van der Waals surface area contributed by atoms with Gasteiger partial charge in [0.2, 0.25) is 0 Å². The summed E-state index contributed by atoms with van der Waals surface area (Å²) in [7, 11) is 0. The van der Waals surface area contributed by atoms with Gasteiger partial charge in [0.15, 0.2) is 5.96 Å². The molecule has 0 radical (unpaired) electrons. The molecule has 0 fully saturated rings. The van der Waals surface area contributed by atoms with Crippen molar-refractivity contribution in [2.24, 2.45) is 4.99 Å². The van der Waals surface area contributed by atoms with Crippen molar-refractivity contribution >= 4 is 57.2 Å². The molecule has 0 saturated carbocycles. The Balaban J connectivity index is 0.00000264. The number of nitrogens with zero attached hydrogens (tertiary/aromatic N) is 2. The number of halogens is 2. The summed E-state index contributed by atoms with van der Waals surface area (Å²) < 4.78 is 1.08. The molecule has 7 heteroatoms. The lowest BCUT2D eigenvalue weighted by Crippen LogP contribution is -2.36. The molecule has 0 aliphatic rings. The zero-order valence-corrected chi connectivity index (χ0v) is 18.3. The third-order valence-corrected chi connectivity index (χ3v) is 4.64. The number of hydrogen-bond acceptors (Lipinski definition) is 3. The van der Waals surface area contributed by atoms with Crippen LogP contribution in [-0.2, 0) is 13.1 Å². The van der Waals surface area contributed by atoms with E-state index in [4.69, 9.17) is 0 Å². The van der Waals surface area contributed by atoms with Crippen LogP contribution in [0.15, 0.2) is 33.7 Å². The van der Waals surface area contributed by atoms with E-state index >= 15 is 0 Å². The van der Waals surface area contributed by atoms with Gasteiger partial charge < -0.3 is 10.6 Å². The van der Waals surface area contributed by atoms with Crippen LogP contribution in [0.25, 0.3) is 0 Å². The Bertz CT molecular complexity index is 657. The number of aliphatic imine (C=N–C) groups is 1. The Kier molecular flexibility index (Phi) is 9.08. The zero-order valence-electron chi connectivity index (χ0n) is 13.5. The fourth-order valence-corrected chi connectivity index (χ4v) is 3.37. The first-order chi connectivity index (χ1) is 10.6. The molecule has 23 heavy (non-hydrogen) atoms. The van der Waals surface area contributed by atoms with Crippen LogP contribution in [0.3, 0.4) is 0 Å². The van der Waals surface area contributed by atoms with Crippen LogP contribution in [-0.4, -0.2) is 17.5 Å². The van der Waals surface area contributed by atoms with Gasteiger partial charge in [0.05, 0.1) is 23.8 Å². The Morgan fingerprint density at radius 1 is 1.30 bits per heavy atom. The van der Waals surface area contributed by atoms with Gasteiger partial charge in [-0.1, -0.05) is 28.1 Å². The molecule has 1 heterocycles. The van der Waals surface area contributed by atoms with Crippen molar-refractivity contribution in [2.45, 2.75) is 33.9 Å². The van der Waals surface area contributed by atoms with Crippen LogP contribution in [0.5, 0.6) is 0 Å². The molecule has 0 atom stereocenters. The quantitative estimate of drug-likeness (QED) is 0.357. The number of hydrogen-bond donors (Lipinski definition) is 2. The van der Waals surface area contributed by atoms with E-state index in [1.54, 1.807) is 11.3 Å². The molecular formula is C16H22BrIN4S. The normalized spacial score (nSPS) is 11.0. The molecule has 0 bridgehead atoms. The lowest BCUT2D eigenvalue weighted by atomic mass is 10.2. The van der Waals surface area contributed by atoms with Crippen molar-refractivity contribution in [3.05, 3.63) is 49.9 Å². The summed E-state index contributed by atoms with van der Waals surface area (Å²) in [6.07, 6.45) is 0. The maximum atomic E-state index is 4.63. The third-order valence-electron chi connectivity index (χ3n) is 3.07. The maximum Gasteiger partial charge on any atom is 0.191 e. The molecule has 1 aromatic carbocycles. The Hall–Kier alpha value is -0.670. The highest BCUT2D eigenvalue weighted by Gasteiger charge is 2.05. The maximum absolute atomic E-state index is 4.63. The first-order valence-electron chi connectivity index (χ1n) is 7.28. The molecule has 1 aromatic heterocycles. The number of thiazole rings is 1. The van der Waals surface area contributed by atoms with Gasteiger partial charge in [0.25, 0.3) is 0 Å². The second-order valence-electron chi connectivity index (χ2n) is 4.92. The van der Waals surface area contributed by atoms with Crippen LogP contribution in [0.4, 0.5) is 0 Å². The van der Waals surface area contributed by atoms with Gasteiger partial charge in [-0.25, -0.2) is 9.98 Å². The Labute approximate surface area is 167 Å². The largest absolute Gasteiger partial charge is 0.357 e. The summed E-state index contributed by atoms with van der Waals surface area (Å²) in [5, 5.41) is 7.75. The van der Waals surface area contributed by atoms with Gasteiger partial charge in [-0.2, -0.15) is 0 Å². The van der Waals surface area contributed by atoms with Crippen molar-refractivity contribution in [3.8, 4) is 0 Å². The molecule has 2 aromatic rings. The van der Waals surface area contributed by atoms with E-state index in [2.05, 4.69) is 55.6 Å². The lowest BCUT2D eigenvalue weighted by molar-refractivity contribution is 0.818. The number of benzene rings is 1. The molecule has 0 aliphatic carbocycles. The van der Waals surface area contributed by atoms with Crippen molar-refractivity contribution in [1.82, 2.24) is 15.6 Å². The first-order valence-corrected chi connectivity index (χ1v) is 8.89. The minimum atomic E-state index is 0. The predicted octanol–water partition coefficient (Wildman–Crippen LogP) is 4.40. The summed E-state index contributed by atoms with van der Waals surface area (Å²) in [4.78, 5) is 10.3. The third kappa shape index (κ3) is 6.76. The molecule has 0 unspecified atom stereocenters. The average molecular weight is 509 g/mol. The number of nitrogens with one attached hydrogen (secondary N) is 2. The van der Waals surface area contributed by atoms with E-state index in [1.807, 2.05) is 26.0 Å². The van der Waals surface area contributed by atoms with E-state index in [0.717, 1.165) is 34.2 Å². The Morgan fingerprint density at radius 2 is 2.09 bits per heavy atom. The monoisotopic (exact) mass is 508 g/mol. The minimum Gasteiger partial charge on any atom is -0.357 e. The minimum absolute atomic E-state index is 0. The average Bonchev–Trinajstić information content (AvgIpc) is 2.80. The van der Waals surface area contributed by atoms with Crippen molar-refractivity contribution in [3.63, 3.8) is 0 Å². The highest BCUT2D eigenvalue weighted by molar-refractivity contribution is 14.0. The van der Waals surface area contributed by atoms with Crippen LogP contribution < -0.4 is 10.6 Å². The highest BCUT2D eigenvalue weighted by atomic mass is 127. The molecule has 0 aliphatic heterocycles. The summed E-state index contributed by atoms with van der Waals surface area (Å²) in [5.74, 6) is 0.827. The number of rotatable bonds is 5. The number of guanidine groups is 1. The second kappa shape index (κ2) is 10.2. The van der Waals surface area contributed by atoms with Gasteiger partial charge in [-0.3, -0.25) is 0 Å². The number of aryl methyl sites for hydroxylation is 2. The molecule has 0 saturated heterocycles. The lowest BCUT2D eigenvalue weighted by Gasteiger charge is -2.10. The summed E-state index contributed by atoms with van der Waals surface area (Å²) in [6.45, 7) is 8.39. The molecule has 2 N–H and O–H groups in total. The standard InChI is InChI=1S/C16H21BrN4S.HI/c1-4-18-16(19-9-13-6-5-7-14(17)8-13)20-10-15-11(2)21-12(3)22-15;/h5-8H,4,9-10H2,1-3H3,(H2,18,19,20);1H. The van der Waals surface area contributed by atoms with Gasteiger partial charge in [0.1, 0.15) is 0 Å². The van der Waals surface area contributed by atoms with Crippen LogP contribution >= 0.6 is 51.2 Å². The molecule has 0 amide bonds. The van der Waals surface area contributed by atoms with E-state index in [-0.39, 0.29) is 24.0 Å². The van der Waals surface area contributed by atoms with Gasteiger partial charge in [0, 0.05) is 15.9 Å². The van der Waals surface area contributed by atoms with Crippen molar-refractivity contribution in [1.29, 1.82) is 0 Å². The van der Waals surface area contributed by atoms with Gasteiger partial charge >= 0.3 is 0 Å². The predicted molar refractivity (Wildman–Crippen MR) is 113 cm³/mol. The highest BCUT2D eigenvalue weighted by Crippen LogP contribution is 2.16. The zero-order chi connectivity index (χ0) is 15.9. The molecule has 4 nitrogen and oxygen atoms in total. The molecule has 2 rings (SSSR count). The smallest absolute Gasteiger partial charge is 0.191 e. The van der Waals surface area contributed by atoms with E-state index < -0.39 is 0 Å². The van der Waals surface area contributed by atoms with Crippen LogP contribution in [0.1, 0.15) is 28.1 Å². The van der Waals surface area contributed by atoms with Crippen molar-refractivity contribution in [2.75, 3.05) is 6.54 Å². The fourth-order valence-electron chi connectivity index (χ4n) is 2.05. The van der Waals surface area contributed by atoms with Gasteiger partial charge in [-0.05, 0) is 38.5 Å². The topological polar surface area (TPSA) is 49.3 Å². The fraction of sp³-hybridized carbons (Fsp3) is 0.375. The van der Waals surface area contributed by atoms with E-state index in [9.17, 15) is 0 Å². The molecule has 0 spiro atoms. The van der Waals surface area contributed by atoms with Gasteiger partial charge in [-0.15, -0.1) is 35.3 Å². The summed E-state index contributed by atoms with van der Waals surface area (Å²) >= 11 is 5.21. The van der Waals surface area contributed by atoms with Crippen molar-refractivity contribution < 1.29 is 0 Å².